The Morgan fingerprint density at radius 3 is 1.00 bits per heavy atom. The van der Waals surface area contributed by atoms with Crippen LogP contribution in [0.1, 0.15) is 0 Å². The van der Waals surface area contributed by atoms with Crippen molar-refractivity contribution >= 4 is 91.0 Å². The van der Waals surface area contributed by atoms with Gasteiger partial charge in [-0.1, -0.05) is 285 Å². The molecule has 0 saturated carbocycles. The minimum Gasteiger partial charge on any atom is -0.278 e. The van der Waals surface area contributed by atoms with Crippen molar-refractivity contribution in [3.05, 3.63) is 303 Å². The summed E-state index contributed by atoms with van der Waals surface area (Å²) >= 11 is 7.25. The molecular formula is C69H49ClN4Si2. The molecule has 0 aliphatic heterocycles. The highest BCUT2D eigenvalue weighted by Crippen LogP contribution is 2.32. The first kappa shape index (κ1) is 46.7. The molecule has 0 spiro atoms. The smallest absolute Gasteiger partial charge is 0.239 e. The number of hydrogen-bond acceptors (Lipinski definition) is 3. The monoisotopic (exact) mass is 1020 g/mol. The molecule has 13 rings (SSSR count). The van der Waals surface area contributed by atoms with E-state index in [1.54, 1.807) is 0 Å². The Morgan fingerprint density at radius 1 is 0.263 bits per heavy atom. The van der Waals surface area contributed by atoms with Gasteiger partial charge in [0.05, 0.1) is 11.0 Å². The topological polar surface area (TPSA) is 43.6 Å². The molecule has 0 fully saturated rings. The molecule has 360 valence electrons. The molecular weight excluding hydrogens is 976 g/mol. The van der Waals surface area contributed by atoms with Crippen molar-refractivity contribution in [2.45, 2.75) is 0 Å². The minimum atomic E-state index is -3.35. The third-order valence-electron chi connectivity index (χ3n) is 15.1. The zero-order chi connectivity index (χ0) is 50.9. The maximum Gasteiger partial charge on any atom is 0.239 e. The molecule has 0 bridgehead atoms. The Kier molecular flexibility index (Phi) is 12.3. The van der Waals surface area contributed by atoms with E-state index in [9.17, 15) is 0 Å². The molecule has 0 atom stereocenters. The number of para-hydroxylation sites is 2. The summed E-state index contributed by atoms with van der Waals surface area (Å²) in [6.45, 7) is 0. The first-order valence-corrected chi connectivity index (χ1v) is 30.1. The van der Waals surface area contributed by atoms with Crippen LogP contribution < -0.4 is 41.5 Å². The quantitative estimate of drug-likeness (QED) is 0.0905. The second kappa shape index (κ2) is 20.0. The van der Waals surface area contributed by atoms with Crippen LogP contribution in [0.15, 0.2) is 297 Å². The summed E-state index contributed by atoms with van der Waals surface area (Å²) in [5.74, 6) is 0.943. The van der Waals surface area contributed by atoms with Gasteiger partial charge in [-0.2, -0.15) is 15.0 Å². The minimum absolute atomic E-state index is 0.115. The average Bonchev–Trinajstić information content (AvgIpc) is 3.97. The molecule has 0 unspecified atom stereocenters. The van der Waals surface area contributed by atoms with Crippen LogP contribution in [-0.2, 0) is 0 Å². The highest BCUT2D eigenvalue weighted by molar-refractivity contribution is 7.22. The van der Waals surface area contributed by atoms with Gasteiger partial charge in [0, 0.05) is 16.3 Å². The number of nitrogens with zero attached hydrogens (tertiary/aromatic N) is 4. The molecule has 13 aromatic rings. The van der Waals surface area contributed by atoms with Gasteiger partial charge in [-0.25, -0.2) is 0 Å². The van der Waals surface area contributed by atoms with Crippen LogP contribution in [0, 0.1) is 0 Å². The lowest BCUT2D eigenvalue weighted by Gasteiger charge is -2.38. The Morgan fingerprint density at radius 2 is 0.592 bits per heavy atom. The zero-order valence-electron chi connectivity index (χ0n) is 41.5. The second-order valence-electron chi connectivity index (χ2n) is 19.3. The van der Waals surface area contributed by atoms with E-state index in [4.69, 9.17) is 26.6 Å². The van der Waals surface area contributed by atoms with Gasteiger partial charge < -0.3 is 0 Å². The summed E-state index contributed by atoms with van der Waals surface area (Å²) in [7, 11) is -6.69. The van der Waals surface area contributed by atoms with E-state index in [-0.39, 0.29) is 5.28 Å². The lowest BCUT2D eigenvalue weighted by molar-refractivity contribution is 0.947. The zero-order valence-corrected chi connectivity index (χ0v) is 44.2. The molecule has 0 aliphatic carbocycles. The molecule has 76 heavy (non-hydrogen) atoms. The van der Waals surface area contributed by atoms with E-state index in [1.165, 1.54) is 41.5 Å². The molecule has 0 aliphatic rings. The molecule has 0 N–H and O–H groups in total. The molecule has 0 amide bonds. The summed E-state index contributed by atoms with van der Waals surface area (Å²) in [6, 6.07) is 109. The van der Waals surface area contributed by atoms with Crippen molar-refractivity contribution in [1.29, 1.82) is 0 Å². The maximum absolute atomic E-state index is 7.25. The van der Waals surface area contributed by atoms with Gasteiger partial charge in [0.25, 0.3) is 0 Å². The van der Waals surface area contributed by atoms with Crippen LogP contribution >= 0.6 is 11.6 Å². The van der Waals surface area contributed by atoms with Crippen LogP contribution in [0.4, 0.5) is 0 Å². The highest BCUT2D eigenvalue weighted by Gasteiger charge is 2.46. The van der Waals surface area contributed by atoms with Gasteiger partial charge in [-0.3, -0.25) is 4.57 Å². The van der Waals surface area contributed by atoms with Crippen LogP contribution in [0.5, 0.6) is 0 Å². The molecule has 11 aromatic carbocycles. The van der Waals surface area contributed by atoms with Gasteiger partial charge in [-0.05, 0) is 87.5 Å². The van der Waals surface area contributed by atoms with Crippen molar-refractivity contribution in [2.24, 2.45) is 0 Å². The fourth-order valence-corrected chi connectivity index (χ4v) is 21.8. The Hall–Kier alpha value is -9.05. The summed E-state index contributed by atoms with van der Waals surface area (Å²) in [5, 5.41) is 12.3. The fourth-order valence-electron chi connectivity index (χ4n) is 11.8. The Labute approximate surface area is 450 Å². The average molecular weight is 1030 g/mol. The van der Waals surface area contributed by atoms with Gasteiger partial charge in [0.15, 0.2) is 22.0 Å². The second-order valence-corrected chi connectivity index (χ2v) is 27.2. The van der Waals surface area contributed by atoms with E-state index in [0.29, 0.717) is 11.8 Å². The van der Waals surface area contributed by atoms with E-state index in [1.807, 2.05) is 0 Å². The Bertz CT molecular complexity index is 3860. The first-order chi connectivity index (χ1) is 37.6. The number of hydrogen-bond donors (Lipinski definition) is 0. The van der Waals surface area contributed by atoms with E-state index < -0.39 is 16.1 Å². The van der Waals surface area contributed by atoms with Crippen molar-refractivity contribution in [1.82, 2.24) is 19.5 Å². The number of aromatic nitrogens is 4. The van der Waals surface area contributed by atoms with Crippen LogP contribution in [-0.4, -0.2) is 35.7 Å². The molecule has 2 heterocycles. The summed E-state index contributed by atoms with van der Waals surface area (Å²) in [4.78, 5) is 15.6. The van der Waals surface area contributed by atoms with Crippen molar-refractivity contribution < 1.29 is 0 Å². The third-order valence-corrected chi connectivity index (χ3v) is 24.7. The van der Waals surface area contributed by atoms with Gasteiger partial charge >= 0.3 is 0 Å². The SMILES string of the molecule is Clc1nc(-c2cc([Si](c3ccccc3)(c3ccccc3)c3cccc(-c4ccccc4)c3)cc([Si](c3ccccc3)(c3ccccc3)c3cccc(-c4ccccc4)c3)c2)nc(-n2c3ccccc3c3ccccc32)n1. The fraction of sp³-hybridized carbons (Fsp3) is 0. The largest absolute Gasteiger partial charge is 0.278 e. The third kappa shape index (κ3) is 8.11. The molecule has 7 heteroatoms. The van der Waals surface area contributed by atoms with Gasteiger partial charge in [0.1, 0.15) is 0 Å². The van der Waals surface area contributed by atoms with Gasteiger partial charge in [0.2, 0.25) is 11.2 Å². The Balaban J connectivity index is 1.19. The number of halogens is 1. The van der Waals surface area contributed by atoms with Crippen molar-refractivity contribution in [3.8, 4) is 39.6 Å². The number of benzene rings is 11. The summed E-state index contributed by atoms with van der Waals surface area (Å²) < 4.78 is 2.12. The number of fused-ring (bicyclic) bond motifs is 3. The predicted molar refractivity (Wildman–Crippen MR) is 323 cm³/mol. The molecule has 0 radical (unpaired) electrons. The van der Waals surface area contributed by atoms with E-state index in [2.05, 4.69) is 302 Å². The predicted octanol–water partition coefficient (Wildman–Crippen LogP) is 11.4. The lowest BCUT2D eigenvalue weighted by Crippen LogP contribution is -2.78. The molecule has 4 nitrogen and oxygen atoms in total. The standard InChI is InChI=1S/C69H49ClN4Si2/c70-68-71-67(72-69(73-68)74-65-43-21-19-41-63(65)64-42-20-22-44-66(64)74)54-47-61(75(55-31-11-3-12-32-55,56-33-13-4-14-34-56)59-39-23-29-52(45-59)50-25-7-1-8-26-50)49-62(48-54)76(57-35-15-5-16-36-57,58-37-17-6-18-38-58)60-40-24-30-53(46-60)51-27-9-2-10-28-51/h1-49H. The normalized spacial score (nSPS) is 11.8. The van der Waals surface area contributed by atoms with E-state index >= 15 is 0 Å². The summed E-state index contributed by atoms with van der Waals surface area (Å²) in [6.07, 6.45) is 0. The van der Waals surface area contributed by atoms with Gasteiger partial charge in [-0.15, -0.1) is 0 Å². The summed E-state index contributed by atoms with van der Waals surface area (Å²) in [5.41, 5.74) is 7.48. The molecule has 2 aromatic heterocycles. The first-order valence-electron chi connectivity index (χ1n) is 25.7. The van der Waals surface area contributed by atoms with Crippen LogP contribution in [0.25, 0.3) is 61.4 Å². The highest BCUT2D eigenvalue weighted by atomic mass is 35.5. The van der Waals surface area contributed by atoms with Crippen molar-refractivity contribution in [3.63, 3.8) is 0 Å². The number of rotatable bonds is 12. The molecule has 0 saturated heterocycles. The van der Waals surface area contributed by atoms with Crippen LogP contribution in [0.2, 0.25) is 5.28 Å². The maximum atomic E-state index is 7.25. The van der Waals surface area contributed by atoms with E-state index in [0.717, 1.165) is 49.6 Å². The lowest BCUT2D eigenvalue weighted by atomic mass is 10.1. The van der Waals surface area contributed by atoms with Crippen LogP contribution in [0.3, 0.4) is 0 Å². The van der Waals surface area contributed by atoms with Crippen molar-refractivity contribution in [2.75, 3.05) is 0 Å².